The zero-order chi connectivity index (χ0) is 18.7. The molecule has 1 saturated carbocycles. The minimum atomic E-state index is -0.567. The fraction of sp³-hybridized carbons (Fsp3) is 0.556. The summed E-state index contributed by atoms with van der Waals surface area (Å²) in [6.45, 7) is 4.67. The number of hydrogen-bond donors (Lipinski definition) is 0. The van der Waals surface area contributed by atoms with Gasteiger partial charge in [0.25, 0.3) is 0 Å². The quantitative estimate of drug-likeness (QED) is 0.350. The summed E-state index contributed by atoms with van der Waals surface area (Å²) in [4.78, 5) is 0. The lowest BCUT2D eigenvalue weighted by atomic mass is 10.2. The summed E-state index contributed by atoms with van der Waals surface area (Å²) >= 11 is 20.1. The van der Waals surface area contributed by atoms with Crippen LogP contribution in [0.15, 0.2) is 29.4 Å². The largest absolute Gasteiger partial charge is 0.484 e. The van der Waals surface area contributed by atoms with E-state index < -0.39 is 4.33 Å². The van der Waals surface area contributed by atoms with Crippen molar-refractivity contribution in [2.75, 3.05) is 5.75 Å². The zero-order valence-electron chi connectivity index (χ0n) is 14.8. The Hall–Kier alpha value is -0.620. The molecule has 1 atom stereocenters. The molecule has 8 heteroatoms. The predicted octanol–water partition coefficient (Wildman–Crippen LogP) is 6.16. The highest BCUT2D eigenvalue weighted by Crippen LogP contribution is 2.54. The van der Waals surface area contributed by atoms with Crippen LogP contribution in [0, 0.1) is 5.92 Å². The monoisotopic (exact) mass is 433 g/mol. The Morgan fingerprint density at radius 3 is 2.58 bits per heavy atom. The van der Waals surface area contributed by atoms with Gasteiger partial charge in [-0.05, 0) is 31.4 Å². The van der Waals surface area contributed by atoms with Crippen molar-refractivity contribution in [2.45, 2.75) is 55.2 Å². The summed E-state index contributed by atoms with van der Waals surface area (Å²) in [5.41, 5.74) is 0. The number of halogens is 3. The minimum absolute atomic E-state index is 0.311. The Morgan fingerprint density at radius 2 is 1.96 bits per heavy atom. The Labute approximate surface area is 173 Å². The molecule has 0 aliphatic heterocycles. The number of thioether (sulfide) groups is 1. The van der Waals surface area contributed by atoms with Crippen LogP contribution >= 0.6 is 46.6 Å². The van der Waals surface area contributed by atoms with Crippen molar-refractivity contribution in [1.29, 1.82) is 0 Å². The van der Waals surface area contributed by atoms with Gasteiger partial charge in [0.15, 0.2) is 11.0 Å². The third kappa shape index (κ3) is 4.61. The van der Waals surface area contributed by atoms with Crippen LogP contribution in [0.3, 0.4) is 0 Å². The highest BCUT2D eigenvalue weighted by Gasteiger charge is 2.51. The van der Waals surface area contributed by atoms with Gasteiger partial charge < -0.3 is 9.30 Å². The fourth-order valence-corrected chi connectivity index (χ4v) is 5.00. The molecule has 0 saturated heterocycles. The SMILES string of the molecule is CCC(CC)n1c(COc2ccccc2Cl)nnc1SC[C@@H]1CC1(Cl)Cl. The number of rotatable bonds is 9. The van der Waals surface area contributed by atoms with Crippen molar-refractivity contribution in [3.05, 3.63) is 35.1 Å². The van der Waals surface area contributed by atoms with Gasteiger partial charge in [0.05, 0.1) is 5.02 Å². The van der Waals surface area contributed by atoms with Crippen molar-refractivity contribution in [3.63, 3.8) is 0 Å². The van der Waals surface area contributed by atoms with Gasteiger partial charge in [0.2, 0.25) is 0 Å². The van der Waals surface area contributed by atoms with E-state index in [1.165, 1.54) is 0 Å². The molecule has 0 spiro atoms. The van der Waals surface area contributed by atoms with E-state index in [4.69, 9.17) is 39.5 Å². The van der Waals surface area contributed by atoms with E-state index >= 15 is 0 Å². The van der Waals surface area contributed by atoms with E-state index in [1.807, 2.05) is 24.3 Å². The Morgan fingerprint density at radius 1 is 1.27 bits per heavy atom. The maximum absolute atomic E-state index is 6.17. The maximum Gasteiger partial charge on any atom is 0.191 e. The number of ether oxygens (including phenoxy) is 1. The van der Waals surface area contributed by atoms with Crippen LogP contribution in [0.2, 0.25) is 5.02 Å². The molecule has 0 bridgehead atoms. The second kappa shape index (κ2) is 8.59. The molecule has 0 radical (unpaired) electrons. The first-order valence-electron chi connectivity index (χ1n) is 8.78. The van der Waals surface area contributed by atoms with E-state index in [0.717, 1.165) is 36.0 Å². The van der Waals surface area contributed by atoms with E-state index in [9.17, 15) is 0 Å². The molecule has 1 aromatic heterocycles. The lowest BCUT2D eigenvalue weighted by Crippen LogP contribution is -2.14. The minimum Gasteiger partial charge on any atom is -0.484 e. The molecule has 1 fully saturated rings. The van der Waals surface area contributed by atoms with Gasteiger partial charge in [-0.2, -0.15) is 0 Å². The molecule has 0 amide bonds. The number of alkyl halides is 2. The standard InChI is InChI=1S/C18H22Cl3N3OS/c1-3-13(4-2)24-16(10-25-15-8-6-5-7-14(15)19)22-23-17(24)26-11-12-9-18(12,20)21/h5-8,12-13H,3-4,9-11H2,1-2H3/t12-/m0/s1. The molecule has 1 aromatic carbocycles. The molecule has 2 aromatic rings. The second-order valence-electron chi connectivity index (χ2n) is 6.43. The summed E-state index contributed by atoms with van der Waals surface area (Å²) in [7, 11) is 0. The van der Waals surface area contributed by atoms with Crippen molar-refractivity contribution in [1.82, 2.24) is 14.8 Å². The smallest absolute Gasteiger partial charge is 0.191 e. The van der Waals surface area contributed by atoms with Gasteiger partial charge in [0, 0.05) is 17.7 Å². The Balaban J connectivity index is 1.74. The predicted molar refractivity (Wildman–Crippen MR) is 109 cm³/mol. The average Bonchev–Trinajstić information content (AvgIpc) is 3.05. The Bertz CT molecular complexity index is 749. The van der Waals surface area contributed by atoms with Crippen LogP contribution in [0.25, 0.3) is 0 Å². The number of hydrogen-bond acceptors (Lipinski definition) is 4. The van der Waals surface area contributed by atoms with Crippen molar-refractivity contribution in [2.24, 2.45) is 5.92 Å². The van der Waals surface area contributed by atoms with Gasteiger partial charge in [-0.25, -0.2) is 0 Å². The summed E-state index contributed by atoms with van der Waals surface area (Å²) in [5.74, 6) is 2.61. The first-order valence-corrected chi connectivity index (χ1v) is 10.9. The van der Waals surface area contributed by atoms with Gasteiger partial charge in [0.1, 0.15) is 16.7 Å². The number of para-hydroxylation sites is 1. The normalized spacial score (nSPS) is 18.3. The molecule has 142 valence electrons. The van der Waals surface area contributed by atoms with E-state index in [0.29, 0.717) is 29.3 Å². The molecular formula is C18H22Cl3N3OS. The highest BCUT2D eigenvalue weighted by molar-refractivity contribution is 7.99. The van der Waals surface area contributed by atoms with Crippen LogP contribution < -0.4 is 4.74 Å². The molecular weight excluding hydrogens is 413 g/mol. The molecule has 1 aliphatic rings. The molecule has 1 aliphatic carbocycles. The van der Waals surface area contributed by atoms with Crippen molar-refractivity contribution in [3.8, 4) is 5.75 Å². The summed E-state index contributed by atoms with van der Waals surface area (Å²) in [6.07, 6.45) is 2.84. The molecule has 0 N–H and O–H groups in total. The average molecular weight is 435 g/mol. The number of nitrogens with zero attached hydrogens (tertiary/aromatic N) is 3. The summed E-state index contributed by atoms with van der Waals surface area (Å²) in [5, 5.41) is 10.2. The van der Waals surface area contributed by atoms with Gasteiger partial charge in [-0.1, -0.05) is 49.3 Å². The van der Waals surface area contributed by atoms with Gasteiger partial charge in [-0.15, -0.1) is 33.4 Å². The second-order valence-corrected chi connectivity index (χ2v) is 9.37. The molecule has 26 heavy (non-hydrogen) atoms. The van der Waals surface area contributed by atoms with E-state index in [2.05, 4.69) is 28.6 Å². The fourth-order valence-electron chi connectivity index (χ4n) is 2.85. The summed E-state index contributed by atoms with van der Waals surface area (Å²) < 4.78 is 7.50. The van der Waals surface area contributed by atoms with E-state index in [1.54, 1.807) is 11.8 Å². The van der Waals surface area contributed by atoms with Gasteiger partial charge in [-0.3, -0.25) is 0 Å². The molecule has 3 rings (SSSR count). The van der Waals surface area contributed by atoms with Crippen LogP contribution in [0.4, 0.5) is 0 Å². The number of aromatic nitrogens is 3. The van der Waals surface area contributed by atoms with Gasteiger partial charge >= 0.3 is 0 Å². The van der Waals surface area contributed by atoms with Crippen molar-refractivity contribution < 1.29 is 4.74 Å². The lowest BCUT2D eigenvalue weighted by Gasteiger charge is -2.19. The topological polar surface area (TPSA) is 39.9 Å². The zero-order valence-corrected chi connectivity index (χ0v) is 17.9. The molecule has 1 heterocycles. The van der Waals surface area contributed by atoms with Crippen LogP contribution in [-0.4, -0.2) is 24.9 Å². The Kier molecular flexibility index (Phi) is 6.65. The first-order chi connectivity index (χ1) is 12.5. The highest BCUT2D eigenvalue weighted by atomic mass is 35.5. The molecule has 4 nitrogen and oxygen atoms in total. The van der Waals surface area contributed by atoms with Crippen molar-refractivity contribution >= 4 is 46.6 Å². The third-order valence-corrected chi connectivity index (χ3v) is 6.95. The number of benzene rings is 1. The first kappa shape index (κ1) is 20.1. The maximum atomic E-state index is 6.17. The van der Waals surface area contributed by atoms with Crippen LogP contribution in [0.5, 0.6) is 5.75 Å². The van der Waals surface area contributed by atoms with Crippen LogP contribution in [-0.2, 0) is 6.61 Å². The lowest BCUT2D eigenvalue weighted by molar-refractivity contribution is 0.278. The third-order valence-electron chi connectivity index (χ3n) is 4.61. The van der Waals surface area contributed by atoms with E-state index in [-0.39, 0.29) is 0 Å². The summed E-state index contributed by atoms with van der Waals surface area (Å²) in [6, 6.07) is 7.76. The van der Waals surface area contributed by atoms with Crippen LogP contribution in [0.1, 0.15) is 45.0 Å². The molecule has 0 unspecified atom stereocenters.